The largest absolute Gasteiger partial charge is 0.417 e. The summed E-state index contributed by atoms with van der Waals surface area (Å²) < 4.78 is 54.9. The Hall–Kier alpha value is -3.62. The summed E-state index contributed by atoms with van der Waals surface area (Å²) >= 11 is 0. The number of aromatic nitrogens is 2. The lowest BCUT2D eigenvalue weighted by Crippen LogP contribution is -2.43. The van der Waals surface area contributed by atoms with Crippen LogP contribution in [0.5, 0.6) is 0 Å². The van der Waals surface area contributed by atoms with E-state index in [1.807, 2.05) is 4.90 Å². The number of alkyl halides is 3. The average Bonchev–Trinajstić information content (AvgIpc) is 3.19. The second-order valence-corrected chi connectivity index (χ2v) is 7.77. The molecule has 2 bridgehead atoms. The molecule has 0 radical (unpaired) electrons. The molecule has 3 aromatic rings. The van der Waals surface area contributed by atoms with Gasteiger partial charge in [0.2, 0.25) is 0 Å². The highest BCUT2D eigenvalue weighted by molar-refractivity contribution is 5.79. The third-order valence-corrected chi connectivity index (χ3v) is 5.80. The smallest absolute Gasteiger partial charge is 0.366 e. The van der Waals surface area contributed by atoms with Gasteiger partial charge in [-0.05, 0) is 30.7 Å². The van der Waals surface area contributed by atoms with E-state index in [-0.39, 0.29) is 23.0 Å². The first-order chi connectivity index (χ1) is 15.3. The molecule has 164 valence electrons. The first kappa shape index (κ1) is 20.3. The third-order valence-electron chi connectivity index (χ3n) is 5.80. The minimum Gasteiger partial charge on any atom is -0.366 e. The van der Waals surface area contributed by atoms with Crippen molar-refractivity contribution < 1.29 is 17.6 Å². The fraction of sp³-hybridized carbons (Fsp3) is 0.217. The number of nitrogens with one attached hydrogen (secondary N) is 1. The highest BCUT2D eigenvalue weighted by Gasteiger charge is 2.39. The average molecular weight is 441 g/mol. The number of halogens is 4. The van der Waals surface area contributed by atoms with Crippen molar-refractivity contribution in [2.75, 3.05) is 28.2 Å². The first-order valence-electron chi connectivity index (χ1n) is 10.1. The molecule has 0 spiro atoms. The fourth-order valence-electron chi connectivity index (χ4n) is 4.35. The minimum atomic E-state index is -4.50. The topological polar surface area (TPSA) is 44.3 Å². The predicted molar refractivity (Wildman–Crippen MR) is 115 cm³/mol. The van der Waals surface area contributed by atoms with E-state index in [4.69, 9.17) is 0 Å². The van der Waals surface area contributed by atoms with Gasteiger partial charge in [-0.3, -0.25) is 4.98 Å². The van der Waals surface area contributed by atoms with Crippen LogP contribution < -0.4 is 15.1 Å². The van der Waals surface area contributed by atoms with Crippen LogP contribution in [0.15, 0.2) is 67.3 Å². The Morgan fingerprint density at radius 1 is 1.12 bits per heavy atom. The third kappa shape index (κ3) is 3.43. The predicted octanol–water partition coefficient (Wildman–Crippen LogP) is 5.28. The molecule has 1 atom stereocenters. The number of nitrogens with zero attached hydrogens (tertiary/aromatic N) is 4. The van der Waals surface area contributed by atoms with Gasteiger partial charge in [0.1, 0.15) is 5.82 Å². The normalized spacial score (nSPS) is 17.3. The fourth-order valence-corrected chi connectivity index (χ4v) is 4.35. The van der Waals surface area contributed by atoms with Crippen molar-refractivity contribution in [1.82, 2.24) is 9.97 Å². The molecule has 0 unspecified atom stereocenters. The monoisotopic (exact) mass is 441 g/mol. The van der Waals surface area contributed by atoms with Gasteiger partial charge in [0, 0.05) is 24.8 Å². The Kier molecular flexibility index (Phi) is 4.76. The van der Waals surface area contributed by atoms with Crippen LogP contribution in [-0.2, 0) is 6.18 Å². The summed E-state index contributed by atoms with van der Waals surface area (Å²) in [6.45, 7) is 5.60. The van der Waals surface area contributed by atoms with E-state index in [0.717, 1.165) is 37.5 Å². The van der Waals surface area contributed by atoms with Crippen LogP contribution in [-0.4, -0.2) is 29.1 Å². The molecule has 32 heavy (non-hydrogen) atoms. The van der Waals surface area contributed by atoms with E-state index < -0.39 is 17.6 Å². The van der Waals surface area contributed by atoms with E-state index in [0.29, 0.717) is 11.6 Å². The quantitative estimate of drug-likeness (QED) is 0.558. The van der Waals surface area contributed by atoms with Gasteiger partial charge < -0.3 is 15.1 Å². The van der Waals surface area contributed by atoms with E-state index in [1.54, 1.807) is 18.2 Å². The molecular formula is C23H19F4N5. The zero-order valence-corrected chi connectivity index (χ0v) is 16.9. The number of rotatable bonds is 4. The molecule has 0 aliphatic carbocycles. The van der Waals surface area contributed by atoms with Gasteiger partial charge in [-0.25, -0.2) is 9.37 Å². The molecule has 2 aliphatic rings. The summed E-state index contributed by atoms with van der Waals surface area (Å²) in [7, 11) is 0. The molecule has 1 N–H and O–H groups in total. The lowest BCUT2D eigenvalue weighted by atomic mass is 10.0. The van der Waals surface area contributed by atoms with Crippen molar-refractivity contribution in [3.05, 3.63) is 78.6 Å². The number of benzene rings is 1. The Morgan fingerprint density at radius 2 is 1.94 bits per heavy atom. The molecule has 5 nitrogen and oxygen atoms in total. The van der Waals surface area contributed by atoms with Crippen molar-refractivity contribution >= 4 is 17.2 Å². The maximum absolute atomic E-state index is 14.1. The van der Waals surface area contributed by atoms with Gasteiger partial charge in [0.25, 0.3) is 0 Å². The lowest BCUT2D eigenvalue weighted by molar-refractivity contribution is -0.137. The standard InChI is InChI=1S/C23H19F4N5/c1-14(29-20-8-10-28-12-18(20)24)32-15-9-11-31(13-15)21-7-6-19(30-22(21)32)16-4-2-3-5-17(16)23(25,26)27/h2-8,10,12,15H,1,9,11,13H2,(H,28,29)/t15-/m0/s1. The number of fused-ring (bicyclic) bond motifs is 4. The molecular weight excluding hydrogens is 422 g/mol. The summed E-state index contributed by atoms with van der Waals surface area (Å²) in [6.07, 6.45) is -1.11. The second-order valence-electron chi connectivity index (χ2n) is 7.77. The summed E-state index contributed by atoms with van der Waals surface area (Å²) in [5, 5.41) is 2.98. The Morgan fingerprint density at radius 3 is 2.72 bits per heavy atom. The van der Waals surface area contributed by atoms with Crippen LogP contribution in [0.1, 0.15) is 12.0 Å². The van der Waals surface area contributed by atoms with Crippen LogP contribution in [0.4, 0.5) is 34.8 Å². The molecule has 2 aliphatic heterocycles. The molecule has 5 rings (SSSR count). The van der Waals surface area contributed by atoms with Crippen molar-refractivity contribution in [2.24, 2.45) is 0 Å². The number of hydrogen-bond acceptors (Lipinski definition) is 5. The van der Waals surface area contributed by atoms with E-state index in [9.17, 15) is 17.6 Å². The SMILES string of the molecule is C=C(Nc1ccncc1F)N1c2nc(-c3ccccc3C(F)(F)F)ccc2N2CC[C@H]1C2. The Balaban J connectivity index is 1.57. The van der Waals surface area contributed by atoms with E-state index >= 15 is 0 Å². The second kappa shape index (κ2) is 7.51. The van der Waals surface area contributed by atoms with Crippen LogP contribution in [0.3, 0.4) is 0 Å². The van der Waals surface area contributed by atoms with Gasteiger partial charge in [-0.1, -0.05) is 24.8 Å². The summed E-state index contributed by atoms with van der Waals surface area (Å²) in [5.74, 6) is 0.372. The number of hydrogen-bond donors (Lipinski definition) is 1. The molecule has 1 saturated heterocycles. The van der Waals surface area contributed by atoms with Gasteiger partial charge in [0.15, 0.2) is 11.6 Å². The van der Waals surface area contributed by atoms with Crippen molar-refractivity contribution in [2.45, 2.75) is 18.6 Å². The molecule has 1 aromatic carbocycles. The van der Waals surface area contributed by atoms with Crippen LogP contribution >= 0.6 is 0 Å². The summed E-state index contributed by atoms with van der Waals surface area (Å²) in [4.78, 5) is 12.4. The van der Waals surface area contributed by atoms with Crippen molar-refractivity contribution in [3.63, 3.8) is 0 Å². The van der Waals surface area contributed by atoms with Gasteiger partial charge in [-0.15, -0.1) is 0 Å². The molecule has 0 amide bonds. The molecule has 2 aromatic heterocycles. The summed E-state index contributed by atoms with van der Waals surface area (Å²) in [6, 6.07) is 10.3. The van der Waals surface area contributed by atoms with E-state index in [2.05, 4.69) is 26.8 Å². The maximum atomic E-state index is 14.1. The maximum Gasteiger partial charge on any atom is 0.417 e. The Bertz CT molecular complexity index is 1190. The summed E-state index contributed by atoms with van der Waals surface area (Å²) in [5.41, 5.74) is 0.506. The van der Waals surface area contributed by atoms with Gasteiger partial charge in [-0.2, -0.15) is 13.2 Å². The molecule has 4 heterocycles. The van der Waals surface area contributed by atoms with Crippen LogP contribution in [0.25, 0.3) is 11.3 Å². The molecule has 9 heteroatoms. The number of pyridine rings is 2. The zero-order chi connectivity index (χ0) is 22.5. The molecule has 1 fully saturated rings. The molecule has 0 saturated carbocycles. The van der Waals surface area contributed by atoms with Crippen molar-refractivity contribution in [3.8, 4) is 11.3 Å². The van der Waals surface area contributed by atoms with Crippen LogP contribution in [0.2, 0.25) is 0 Å². The Labute approximate surface area is 182 Å². The van der Waals surface area contributed by atoms with Crippen LogP contribution in [0, 0.1) is 5.82 Å². The first-order valence-corrected chi connectivity index (χ1v) is 10.1. The number of anilines is 3. The highest BCUT2D eigenvalue weighted by Crippen LogP contribution is 2.43. The van der Waals surface area contributed by atoms with E-state index in [1.165, 1.54) is 24.4 Å². The van der Waals surface area contributed by atoms with Gasteiger partial charge >= 0.3 is 6.18 Å². The highest BCUT2D eigenvalue weighted by atomic mass is 19.4. The minimum absolute atomic E-state index is 0.00872. The van der Waals surface area contributed by atoms with Gasteiger partial charge in [0.05, 0.1) is 34.9 Å². The lowest BCUT2D eigenvalue weighted by Gasteiger charge is -2.38. The zero-order valence-electron chi connectivity index (χ0n) is 16.9. The van der Waals surface area contributed by atoms with Crippen molar-refractivity contribution in [1.29, 1.82) is 0 Å².